The molecule has 1 aromatic rings. The number of hydrogen-bond acceptors (Lipinski definition) is 2. The van der Waals surface area contributed by atoms with E-state index >= 15 is 0 Å². The van der Waals surface area contributed by atoms with Crippen molar-refractivity contribution in [3.8, 4) is 0 Å². The summed E-state index contributed by atoms with van der Waals surface area (Å²) in [6.07, 6.45) is 2.51. The maximum atomic E-state index is 13.2. The van der Waals surface area contributed by atoms with Crippen LogP contribution in [0.4, 0.5) is 10.1 Å². The van der Waals surface area contributed by atoms with Gasteiger partial charge in [0.2, 0.25) is 0 Å². The first-order valence-corrected chi connectivity index (χ1v) is 6.34. The summed E-state index contributed by atoms with van der Waals surface area (Å²) in [5.41, 5.74) is 7.49. The Hall–Kier alpha value is -1.09. The molecule has 0 bridgehead atoms. The number of halogens is 1. The van der Waals surface area contributed by atoms with E-state index in [0.717, 1.165) is 24.6 Å². The normalized spacial score (nSPS) is 26.1. The molecule has 0 aromatic heterocycles. The van der Waals surface area contributed by atoms with E-state index < -0.39 is 0 Å². The van der Waals surface area contributed by atoms with Crippen LogP contribution in [0.1, 0.15) is 32.3 Å². The summed E-state index contributed by atoms with van der Waals surface area (Å²) in [4.78, 5) is 2.40. The first kappa shape index (κ1) is 12.4. The number of nitrogens with zero attached hydrogens (tertiary/aromatic N) is 1. The van der Waals surface area contributed by atoms with Gasteiger partial charge in [0.25, 0.3) is 0 Å². The molecule has 2 rings (SSSR count). The van der Waals surface area contributed by atoms with Crippen molar-refractivity contribution in [2.24, 2.45) is 5.92 Å². The maximum Gasteiger partial charge on any atom is 0.123 e. The molecule has 2 unspecified atom stereocenters. The van der Waals surface area contributed by atoms with E-state index in [9.17, 15) is 4.39 Å². The number of nitrogens with two attached hydrogens (primary N) is 1. The van der Waals surface area contributed by atoms with Gasteiger partial charge < -0.3 is 5.73 Å². The van der Waals surface area contributed by atoms with Crippen LogP contribution in [0.3, 0.4) is 0 Å². The van der Waals surface area contributed by atoms with Gasteiger partial charge in [-0.2, -0.15) is 0 Å². The van der Waals surface area contributed by atoms with Crippen LogP contribution in [-0.2, 0) is 6.54 Å². The molecule has 1 aromatic carbocycles. The van der Waals surface area contributed by atoms with Gasteiger partial charge in [-0.05, 0) is 49.4 Å². The molecule has 3 heteroatoms. The Morgan fingerprint density at radius 3 is 2.88 bits per heavy atom. The lowest BCUT2D eigenvalue weighted by molar-refractivity contribution is 0.117. The van der Waals surface area contributed by atoms with Gasteiger partial charge >= 0.3 is 0 Å². The molecule has 94 valence electrons. The van der Waals surface area contributed by atoms with E-state index in [1.807, 2.05) is 0 Å². The van der Waals surface area contributed by atoms with Gasteiger partial charge in [-0.3, -0.25) is 4.90 Å². The second kappa shape index (κ2) is 5.05. The zero-order valence-electron chi connectivity index (χ0n) is 10.6. The minimum atomic E-state index is -0.202. The average molecular weight is 236 g/mol. The second-order valence-electron chi connectivity index (χ2n) is 5.30. The standard InChI is InChI=1S/C14H21FN2/c1-10-3-4-11(2)17(8-10)9-12-7-13(15)5-6-14(12)16/h5-7,10-11H,3-4,8-9,16H2,1-2H3. The molecule has 0 amide bonds. The molecule has 1 saturated heterocycles. The summed E-state index contributed by atoms with van der Waals surface area (Å²) >= 11 is 0. The molecule has 1 heterocycles. The van der Waals surface area contributed by atoms with Crippen LogP contribution in [0.25, 0.3) is 0 Å². The molecule has 17 heavy (non-hydrogen) atoms. The summed E-state index contributed by atoms with van der Waals surface area (Å²) in [7, 11) is 0. The lowest BCUT2D eigenvalue weighted by atomic mass is 9.94. The van der Waals surface area contributed by atoms with E-state index in [1.165, 1.54) is 18.9 Å². The monoisotopic (exact) mass is 236 g/mol. The van der Waals surface area contributed by atoms with E-state index in [1.54, 1.807) is 12.1 Å². The van der Waals surface area contributed by atoms with Crippen LogP contribution in [0.2, 0.25) is 0 Å². The van der Waals surface area contributed by atoms with Crippen molar-refractivity contribution in [2.45, 2.75) is 39.3 Å². The van der Waals surface area contributed by atoms with Crippen molar-refractivity contribution in [1.29, 1.82) is 0 Å². The number of nitrogen functional groups attached to an aromatic ring is 1. The average Bonchev–Trinajstić information content (AvgIpc) is 2.28. The highest BCUT2D eigenvalue weighted by atomic mass is 19.1. The molecular weight excluding hydrogens is 215 g/mol. The van der Waals surface area contributed by atoms with Gasteiger partial charge in [0, 0.05) is 24.8 Å². The topological polar surface area (TPSA) is 29.3 Å². The molecule has 0 radical (unpaired) electrons. The van der Waals surface area contributed by atoms with Crippen molar-refractivity contribution >= 4 is 5.69 Å². The van der Waals surface area contributed by atoms with E-state index in [2.05, 4.69) is 18.7 Å². The largest absolute Gasteiger partial charge is 0.398 e. The Morgan fingerprint density at radius 1 is 1.35 bits per heavy atom. The Bertz CT molecular complexity index is 392. The van der Waals surface area contributed by atoms with Gasteiger partial charge in [-0.1, -0.05) is 6.92 Å². The Balaban J connectivity index is 2.11. The highest BCUT2D eigenvalue weighted by Crippen LogP contribution is 2.25. The molecule has 2 atom stereocenters. The minimum Gasteiger partial charge on any atom is -0.398 e. The summed E-state index contributed by atoms with van der Waals surface area (Å²) in [6.45, 7) is 6.35. The van der Waals surface area contributed by atoms with Gasteiger partial charge in [-0.15, -0.1) is 0 Å². The summed E-state index contributed by atoms with van der Waals surface area (Å²) in [6, 6.07) is 5.19. The van der Waals surface area contributed by atoms with Gasteiger partial charge in [0.05, 0.1) is 0 Å². The molecule has 0 spiro atoms. The van der Waals surface area contributed by atoms with Crippen molar-refractivity contribution in [2.75, 3.05) is 12.3 Å². The Kier molecular flexibility index (Phi) is 3.67. The SMILES string of the molecule is CC1CCC(C)N(Cc2cc(F)ccc2N)C1. The van der Waals surface area contributed by atoms with Gasteiger partial charge in [0.15, 0.2) is 0 Å². The van der Waals surface area contributed by atoms with Crippen LogP contribution < -0.4 is 5.73 Å². The number of benzene rings is 1. The van der Waals surface area contributed by atoms with Crippen LogP contribution in [0.5, 0.6) is 0 Å². The van der Waals surface area contributed by atoms with Crippen LogP contribution >= 0.6 is 0 Å². The first-order chi connectivity index (χ1) is 8.06. The molecule has 1 fully saturated rings. The summed E-state index contributed by atoms with van der Waals surface area (Å²) < 4.78 is 13.2. The van der Waals surface area contributed by atoms with Gasteiger partial charge in [-0.25, -0.2) is 4.39 Å². The maximum absolute atomic E-state index is 13.2. The minimum absolute atomic E-state index is 0.202. The molecule has 2 nitrogen and oxygen atoms in total. The molecule has 2 N–H and O–H groups in total. The third-order valence-corrected chi connectivity index (χ3v) is 3.73. The highest BCUT2D eigenvalue weighted by Gasteiger charge is 2.23. The Morgan fingerprint density at radius 2 is 2.12 bits per heavy atom. The lowest BCUT2D eigenvalue weighted by Crippen LogP contribution is -2.40. The smallest absolute Gasteiger partial charge is 0.123 e. The number of piperidine rings is 1. The van der Waals surface area contributed by atoms with Gasteiger partial charge in [0.1, 0.15) is 5.82 Å². The van der Waals surface area contributed by atoms with Crippen LogP contribution in [0, 0.1) is 11.7 Å². The fraction of sp³-hybridized carbons (Fsp3) is 0.571. The first-order valence-electron chi connectivity index (χ1n) is 6.34. The zero-order valence-corrected chi connectivity index (χ0v) is 10.6. The second-order valence-corrected chi connectivity index (χ2v) is 5.30. The van der Waals surface area contributed by atoms with Crippen molar-refractivity contribution in [1.82, 2.24) is 4.90 Å². The van der Waals surface area contributed by atoms with Crippen molar-refractivity contribution in [3.05, 3.63) is 29.6 Å². The van der Waals surface area contributed by atoms with Crippen molar-refractivity contribution < 1.29 is 4.39 Å². The number of anilines is 1. The molecule has 1 aliphatic heterocycles. The zero-order chi connectivity index (χ0) is 12.4. The fourth-order valence-electron chi connectivity index (χ4n) is 2.53. The van der Waals surface area contributed by atoms with Crippen LogP contribution in [-0.4, -0.2) is 17.5 Å². The summed E-state index contributed by atoms with van der Waals surface area (Å²) in [5.74, 6) is 0.521. The quantitative estimate of drug-likeness (QED) is 0.800. The summed E-state index contributed by atoms with van der Waals surface area (Å²) in [5, 5.41) is 0. The predicted octanol–water partition coefficient (Wildman–Crippen LogP) is 3.03. The molecule has 0 aliphatic carbocycles. The molecule has 1 aliphatic rings. The molecular formula is C14H21FN2. The van der Waals surface area contributed by atoms with E-state index in [0.29, 0.717) is 11.7 Å². The number of likely N-dealkylation sites (tertiary alicyclic amines) is 1. The highest BCUT2D eigenvalue weighted by molar-refractivity contribution is 5.46. The lowest BCUT2D eigenvalue weighted by Gasteiger charge is -2.37. The molecule has 0 saturated carbocycles. The van der Waals surface area contributed by atoms with Crippen LogP contribution in [0.15, 0.2) is 18.2 Å². The van der Waals surface area contributed by atoms with E-state index in [-0.39, 0.29) is 5.82 Å². The third kappa shape index (κ3) is 2.97. The predicted molar refractivity (Wildman–Crippen MR) is 69.1 cm³/mol. The third-order valence-electron chi connectivity index (χ3n) is 3.73. The number of hydrogen-bond donors (Lipinski definition) is 1. The van der Waals surface area contributed by atoms with E-state index in [4.69, 9.17) is 5.73 Å². The fourth-order valence-corrected chi connectivity index (χ4v) is 2.53. The number of rotatable bonds is 2. The van der Waals surface area contributed by atoms with Crippen molar-refractivity contribution in [3.63, 3.8) is 0 Å². The Labute approximate surface area is 103 Å².